The van der Waals surface area contributed by atoms with Gasteiger partial charge in [0.25, 0.3) is 0 Å². The van der Waals surface area contributed by atoms with Crippen LogP contribution in [0.4, 0.5) is 13.2 Å². The quantitative estimate of drug-likeness (QED) is 0.468. The third kappa shape index (κ3) is 4.55. The van der Waals surface area contributed by atoms with Gasteiger partial charge in [-0.15, -0.1) is 0 Å². The van der Waals surface area contributed by atoms with Crippen molar-refractivity contribution in [2.45, 2.75) is 18.6 Å². The molecule has 1 unspecified atom stereocenters. The molecule has 5 nitrogen and oxygen atoms in total. The number of nitrogens with two attached hydrogens (primary N) is 1. The van der Waals surface area contributed by atoms with Crippen LogP contribution >= 0.6 is 0 Å². The lowest BCUT2D eigenvalue weighted by Crippen LogP contribution is -2.26. The van der Waals surface area contributed by atoms with E-state index in [9.17, 15) is 18.3 Å². The Morgan fingerprint density at radius 2 is 1.77 bits per heavy atom. The molecule has 0 saturated heterocycles. The first-order valence-corrected chi connectivity index (χ1v) is 9.62. The lowest BCUT2D eigenvalue weighted by atomic mass is 10.1. The van der Waals surface area contributed by atoms with Crippen LogP contribution in [0.2, 0.25) is 0 Å². The fourth-order valence-electron chi connectivity index (χ4n) is 3.38. The molecule has 0 aliphatic carbocycles. The summed E-state index contributed by atoms with van der Waals surface area (Å²) in [7, 11) is 0. The Bertz CT molecular complexity index is 1170. The van der Waals surface area contributed by atoms with Crippen LogP contribution < -0.4 is 10.5 Å². The van der Waals surface area contributed by atoms with Crippen LogP contribution in [0.1, 0.15) is 11.1 Å². The molecular weight excluding hydrogens is 407 g/mol. The molecule has 0 amide bonds. The number of fused-ring (bicyclic) bond motifs is 1. The number of hydrogen-bond acceptors (Lipinski definition) is 4. The highest BCUT2D eigenvalue weighted by molar-refractivity contribution is 5.85. The molecule has 3 N–H and O–H groups in total. The Labute approximate surface area is 176 Å². The van der Waals surface area contributed by atoms with Gasteiger partial charge in [-0.1, -0.05) is 18.2 Å². The molecule has 0 spiro atoms. The first kappa shape index (κ1) is 20.9. The third-order valence-electron chi connectivity index (χ3n) is 4.91. The van der Waals surface area contributed by atoms with Crippen LogP contribution in [0.3, 0.4) is 0 Å². The van der Waals surface area contributed by atoms with Crippen molar-refractivity contribution in [1.82, 2.24) is 9.55 Å². The first-order chi connectivity index (χ1) is 14.8. The zero-order valence-electron chi connectivity index (χ0n) is 16.4. The minimum atomic E-state index is -4.44. The molecule has 1 atom stereocenters. The standard InChI is InChI=1S/C23H20F3N3O2/c24-23(25,26)16-5-10-22(28-12-16)31-19-8-6-18(7-9-19)29-13-15(11-17(27)14-30)20-3-1-2-4-21(20)29/h1-10,12-13,17,30H,11,14,27H2. The number of halogens is 3. The van der Waals surface area contributed by atoms with Gasteiger partial charge >= 0.3 is 6.18 Å². The number of benzene rings is 2. The number of rotatable bonds is 6. The van der Waals surface area contributed by atoms with E-state index in [4.69, 9.17) is 10.5 Å². The molecule has 0 fully saturated rings. The van der Waals surface area contributed by atoms with Crippen molar-refractivity contribution in [3.05, 3.63) is 84.2 Å². The number of para-hydroxylation sites is 1. The first-order valence-electron chi connectivity index (χ1n) is 9.62. The normalized spacial score (nSPS) is 12.8. The molecule has 0 radical (unpaired) electrons. The summed E-state index contributed by atoms with van der Waals surface area (Å²) >= 11 is 0. The van der Waals surface area contributed by atoms with Crippen LogP contribution in [0, 0.1) is 0 Å². The minimum Gasteiger partial charge on any atom is -0.439 e. The number of pyridine rings is 1. The summed E-state index contributed by atoms with van der Waals surface area (Å²) in [6.45, 7) is -0.0937. The summed E-state index contributed by atoms with van der Waals surface area (Å²) in [5, 5.41) is 10.3. The second-order valence-electron chi connectivity index (χ2n) is 7.17. The molecule has 0 aliphatic rings. The largest absolute Gasteiger partial charge is 0.439 e. The highest BCUT2D eigenvalue weighted by Crippen LogP contribution is 2.31. The van der Waals surface area contributed by atoms with Crippen molar-refractivity contribution >= 4 is 10.9 Å². The van der Waals surface area contributed by atoms with Crippen LogP contribution in [0.5, 0.6) is 11.6 Å². The average Bonchev–Trinajstić information content (AvgIpc) is 3.12. The van der Waals surface area contributed by atoms with Gasteiger partial charge in [0.05, 0.1) is 17.7 Å². The van der Waals surface area contributed by atoms with Gasteiger partial charge in [-0.3, -0.25) is 0 Å². The second kappa shape index (κ2) is 8.41. The summed E-state index contributed by atoms with van der Waals surface area (Å²) in [5.41, 5.74) is 8.02. The predicted octanol–water partition coefficient (Wildman–Crippen LogP) is 4.70. The fraction of sp³-hybridized carbons (Fsp3) is 0.174. The van der Waals surface area contributed by atoms with Gasteiger partial charge in [0.2, 0.25) is 5.88 Å². The zero-order valence-corrected chi connectivity index (χ0v) is 16.4. The van der Waals surface area contributed by atoms with Gasteiger partial charge in [-0.25, -0.2) is 4.98 Å². The van der Waals surface area contributed by atoms with Gasteiger partial charge in [0.1, 0.15) is 5.75 Å². The van der Waals surface area contributed by atoms with Crippen molar-refractivity contribution in [3.8, 4) is 17.3 Å². The lowest BCUT2D eigenvalue weighted by molar-refractivity contribution is -0.137. The summed E-state index contributed by atoms with van der Waals surface area (Å²) in [5.74, 6) is 0.530. The topological polar surface area (TPSA) is 73.3 Å². The highest BCUT2D eigenvalue weighted by atomic mass is 19.4. The van der Waals surface area contributed by atoms with Gasteiger partial charge in [-0.05, 0) is 48.4 Å². The van der Waals surface area contributed by atoms with Crippen molar-refractivity contribution in [2.75, 3.05) is 6.61 Å². The van der Waals surface area contributed by atoms with Crippen molar-refractivity contribution in [3.63, 3.8) is 0 Å². The van der Waals surface area contributed by atoms with Crippen LogP contribution in [0.25, 0.3) is 16.6 Å². The molecule has 0 aliphatic heterocycles. The van der Waals surface area contributed by atoms with E-state index in [1.54, 1.807) is 12.1 Å². The highest BCUT2D eigenvalue weighted by Gasteiger charge is 2.30. The van der Waals surface area contributed by atoms with Crippen molar-refractivity contribution in [2.24, 2.45) is 5.73 Å². The summed E-state index contributed by atoms with van der Waals surface area (Å²) in [4.78, 5) is 3.72. The van der Waals surface area contributed by atoms with E-state index < -0.39 is 11.7 Å². The number of alkyl halides is 3. The van der Waals surface area contributed by atoms with Crippen molar-refractivity contribution < 1.29 is 23.0 Å². The average molecular weight is 427 g/mol. The number of aromatic nitrogens is 2. The molecule has 4 aromatic rings. The summed E-state index contributed by atoms with van der Waals surface area (Å²) in [6.07, 6.45) is -1.15. The Morgan fingerprint density at radius 1 is 1.03 bits per heavy atom. The monoisotopic (exact) mass is 427 g/mol. The summed E-state index contributed by atoms with van der Waals surface area (Å²) < 4.78 is 45.5. The molecular formula is C23H20F3N3O2. The van der Waals surface area contributed by atoms with Crippen molar-refractivity contribution in [1.29, 1.82) is 0 Å². The SMILES string of the molecule is NC(CO)Cc1cn(-c2ccc(Oc3ccc(C(F)(F)F)cn3)cc2)c2ccccc12. The van der Waals surface area contributed by atoms with Gasteiger partial charge in [0.15, 0.2) is 0 Å². The fourth-order valence-corrected chi connectivity index (χ4v) is 3.38. The molecule has 8 heteroatoms. The number of ether oxygens (including phenoxy) is 1. The maximum Gasteiger partial charge on any atom is 0.417 e. The number of hydrogen-bond donors (Lipinski definition) is 2. The van der Waals surface area contributed by atoms with Crippen LogP contribution in [-0.4, -0.2) is 27.3 Å². The molecule has 0 bridgehead atoms. The molecule has 4 rings (SSSR count). The molecule has 31 heavy (non-hydrogen) atoms. The van der Waals surface area contributed by atoms with E-state index in [0.29, 0.717) is 12.2 Å². The summed E-state index contributed by atoms with van der Waals surface area (Å²) in [6, 6.07) is 16.8. The van der Waals surface area contributed by atoms with Gasteiger partial charge in [0, 0.05) is 35.6 Å². The Hall–Kier alpha value is -3.36. The maximum absolute atomic E-state index is 12.7. The van der Waals surface area contributed by atoms with E-state index in [0.717, 1.165) is 34.4 Å². The smallest absolute Gasteiger partial charge is 0.417 e. The molecule has 2 aromatic heterocycles. The third-order valence-corrected chi connectivity index (χ3v) is 4.91. The zero-order chi connectivity index (χ0) is 22.0. The van der Waals surface area contributed by atoms with Crippen LogP contribution in [0.15, 0.2) is 73.1 Å². The lowest BCUT2D eigenvalue weighted by Gasteiger charge is -2.09. The minimum absolute atomic E-state index is 0.0763. The Balaban J connectivity index is 1.58. The predicted molar refractivity (Wildman–Crippen MR) is 111 cm³/mol. The Kier molecular flexibility index (Phi) is 5.67. The molecule has 0 saturated carbocycles. The molecule has 2 heterocycles. The number of aliphatic hydroxyl groups excluding tert-OH is 1. The van der Waals surface area contributed by atoms with E-state index >= 15 is 0 Å². The molecule has 2 aromatic carbocycles. The van der Waals surface area contributed by atoms with E-state index in [1.165, 1.54) is 6.07 Å². The maximum atomic E-state index is 12.7. The molecule has 160 valence electrons. The van der Waals surface area contributed by atoms with E-state index in [2.05, 4.69) is 4.98 Å². The number of aliphatic hydroxyl groups is 1. The van der Waals surface area contributed by atoms with Crippen LogP contribution in [-0.2, 0) is 12.6 Å². The van der Waals surface area contributed by atoms with E-state index in [1.807, 2.05) is 47.2 Å². The number of nitrogens with zero attached hydrogens (tertiary/aromatic N) is 2. The van der Waals surface area contributed by atoms with Gasteiger partial charge < -0.3 is 20.1 Å². The van der Waals surface area contributed by atoms with E-state index in [-0.39, 0.29) is 18.5 Å². The Morgan fingerprint density at radius 3 is 2.42 bits per heavy atom. The van der Waals surface area contributed by atoms with Gasteiger partial charge in [-0.2, -0.15) is 13.2 Å². The second-order valence-corrected chi connectivity index (χ2v) is 7.17.